The Morgan fingerprint density at radius 1 is 1.30 bits per heavy atom. The van der Waals surface area contributed by atoms with E-state index in [0.29, 0.717) is 17.2 Å². The predicted octanol–water partition coefficient (Wildman–Crippen LogP) is 4.76. The average molecular weight is 464 g/mol. The van der Waals surface area contributed by atoms with Gasteiger partial charge < -0.3 is 14.4 Å². The van der Waals surface area contributed by atoms with Crippen molar-refractivity contribution in [3.05, 3.63) is 52.6 Å². The summed E-state index contributed by atoms with van der Waals surface area (Å²) < 4.78 is 13.6. The van der Waals surface area contributed by atoms with E-state index in [-0.39, 0.29) is 18.1 Å². The number of ether oxygens (including phenoxy) is 2. The molecule has 0 unspecified atom stereocenters. The first kappa shape index (κ1) is 21.3. The van der Waals surface area contributed by atoms with Crippen molar-refractivity contribution in [3.8, 4) is 39.6 Å². The van der Waals surface area contributed by atoms with E-state index in [0.717, 1.165) is 33.6 Å². The van der Waals surface area contributed by atoms with Crippen molar-refractivity contribution < 1.29 is 14.3 Å². The molecule has 9 heteroatoms. The molecule has 5 rings (SSSR count). The highest BCUT2D eigenvalue weighted by molar-refractivity contribution is 7.08. The van der Waals surface area contributed by atoms with Crippen LogP contribution in [0.1, 0.15) is 36.8 Å². The van der Waals surface area contributed by atoms with Crippen molar-refractivity contribution in [2.75, 3.05) is 14.2 Å². The number of hydrogen-bond donors (Lipinski definition) is 1. The van der Waals surface area contributed by atoms with Crippen LogP contribution in [0.4, 0.5) is 0 Å². The first-order valence-electron chi connectivity index (χ1n) is 10.6. The van der Waals surface area contributed by atoms with Gasteiger partial charge in [0, 0.05) is 52.5 Å². The molecule has 0 spiro atoms. The second-order valence-corrected chi connectivity index (χ2v) is 9.71. The van der Waals surface area contributed by atoms with Crippen LogP contribution in [0.2, 0.25) is 0 Å². The van der Waals surface area contributed by atoms with Gasteiger partial charge in [0.05, 0.1) is 24.7 Å². The van der Waals surface area contributed by atoms with Crippen molar-refractivity contribution in [2.45, 2.75) is 32.9 Å². The number of carbonyl (C=O) groups excluding carboxylic acids is 1. The molecule has 0 aliphatic carbocycles. The number of aromatic amines is 1. The highest BCUT2D eigenvalue weighted by Gasteiger charge is 2.34. The molecular weight excluding hydrogens is 438 g/mol. The first-order valence-corrected chi connectivity index (χ1v) is 11.5. The fourth-order valence-electron chi connectivity index (χ4n) is 3.87. The standard InChI is InChI=1S/C24H25N5O3S/c1-24(2,3)28(4)23(30)21-18-12-32-20-9-19(31-5)16(14-10-25-26-11-14)8-17(20)22(18)29(27-21)15-6-7-33-13-15/h6-11,13H,12H2,1-5H3,(H,25,26). The molecular formula is C24H25N5O3S. The Balaban J connectivity index is 1.75. The zero-order valence-corrected chi connectivity index (χ0v) is 20.0. The second-order valence-electron chi connectivity index (χ2n) is 8.93. The molecule has 33 heavy (non-hydrogen) atoms. The number of amides is 1. The molecule has 1 aliphatic heterocycles. The molecule has 1 aliphatic rings. The zero-order chi connectivity index (χ0) is 23.3. The summed E-state index contributed by atoms with van der Waals surface area (Å²) in [7, 11) is 3.44. The van der Waals surface area contributed by atoms with E-state index in [9.17, 15) is 4.79 Å². The largest absolute Gasteiger partial charge is 0.496 e. The monoisotopic (exact) mass is 463 g/mol. The minimum atomic E-state index is -0.342. The summed E-state index contributed by atoms with van der Waals surface area (Å²) in [5.41, 5.74) is 5.22. The van der Waals surface area contributed by atoms with Crippen molar-refractivity contribution in [1.29, 1.82) is 0 Å². The maximum Gasteiger partial charge on any atom is 0.274 e. The Hall–Kier alpha value is -3.59. The Labute approximate surface area is 195 Å². The third-order valence-corrected chi connectivity index (χ3v) is 6.66. The number of H-pyrrole nitrogens is 1. The molecule has 0 saturated carbocycles. The number of hydrogen-bond acceptors (Lipinski definition) is 6. The van der Waals surface area contributed by atoms with E-state index in [1.54, 1.807) is 36.6 Å². The van der Waals surface area contributed by atoms with Gasteiger partial charge in [-0.2, -0.15) is 21.5 Å². The van der Waals surface area contributed by atoms with Crippen LogP contribution in [0.3, 0.4) is 0 Å². The molecule has 1 aromatic carbocycles. The maximum absolute atomic E-state index is 13.5. The summed E-state index contributed by atoms with van der Waals surface area (Å²) in [6, 6.07) is 5.90. The summed E-state index contributed by atoms with van der Waals surface area (Å²) in [5, 5.41) is 15.8. The Morgan fingerprint density at radius 3 is 2.76 bits per heavy atom. The van der Waals surface area contributed by atoms with Crippen LogP contribution < -0.4 is 9.47 Å². The molecule has 0 bridgehead atoms. The minimum absolute atomic E-state index is 0.136. The molecule has 1 amide bonds. The number of carbonyl (C=O) groups is 1. The third kappa shape index (κ3) is 3.48. The molecule has 8 nitrogen and oxygen atoms in total. The molecule has 0 atom stereocenters. The van der Waals surface area contributed by atoms with E-state index in [4.69, 9.17) is 14.6 Å². The van der Waals surface area contributed by atoms with Gasteiger partial charge in [-0.15, -0.1) is 0 Å². The van der Waals surface area contributed by atoms with E-state index < -0.39 is 0 Å². The van der Waals surface area contributed by atoms with Gasteiger partial charge in [0.1, 0.15) is 18.1 Å². The lowest BCUT2D eigenvalue weighted by Crippen LogP contribution is -2.43. The SMILES string of the molecule is COc1cc2c(cc1-c1cn[nH]c1)-c1c(c(C(=O)N(C)C(C)(C)C)nn1-c1ccsc1)CO2. The van der Waals surface area contributed by atoms with E-state index in [2.05, 4.69) is 10.2 Å². The fourth-order valence-corrected chi connectivity index (χ4v) is 4.49. The summed E-state index contributed by atoms with van der Waals surface area (Å²) >= 11 is 1.58. The smallest absolute Gasteiger partial charge is 0.274 e. The highest BCUT2D eigenvalue weighted by Crippen LogP contribution is 2.46. The van der Waals surface area contributed by atoms with E-state index in [1.807, 2.05) is 60.6 Å². The lowest BCUT2D eigenvalue weighted by atomic mass is 9.96. The molecule has 1 N–H and O–H groups in total. The predicted molar refractivity (Wildman–Crippen MR) is 127 cm³/mol. The number of fused-ring (bicyclic) bond motifs is 3. The van der Waals surface area contributed by atoms with Gasteiger partial charge in [-0.1, -0.05) is 0 Å². The van der Waals surface area contributed by atoms with Gasteiger partial charge in [-0.05, 0) is 38.3 Å². The zero-order valence-electron chi connectivity index (χ0n) is 19.2. The number of nitrogens with one attached hydrogen (secondary N) is 1. The average Bonchev–Trinajstić information content (AvgIpc) is 3.56. The van der Waals surface area contributed by atoms with Crippen LogP contribution >= 0.6 is 11.3 Å². The summed E-state index contributed by atoms with van der Waals surface area (Å²) in [4.78, 5) is 15.2. The van der Waals surface area contributed by atoms with E-state index >= 15 is 0 Å². The molecule has 4 aromatic rings. The lowest BCUT2D eigenvalue weighted by Gasteiger charge is -2.31. The van der Waals surface area contributed by atoms with Gasteiger partial charge in [0.2, 0.25) is 0 Å². The highest BCUT2D eigenvalue weighted by atomic mass is 32.1. The van der Waals surface area contributed by atoms with Crippen molar-refractivity contribution in [3.63, 3.8) is 0 Å². The quantitative estimate of drug-likeness (QED) is 0.472. The number of thiophene rings is 1. The molecule has 4 heterocycles. The van der Waals surface area contributed by atoms with Gasteiger partial charge in [-0.25, -0.2) is 4.68 Å². The van der Waals surface area contributed by atoms with Gasteiger partial charge in [-0.3, -0.25) is 9.89 Å². The van der Waals surface area contributed by atoms with Crippen LogP contribution in [-0.2, 0) is 6.61 Å². The van der Waals surface area contributed by atoms with Gasteiger partial charge in [0.25, 0.3) is 5.91 Å². The number of nitrogens with zero attached hydrogens (tertiary/aromatic N) is 4. The number of rotatable bonds is 4. The van der Waals surface area contributed by atoms with Crippen molar-refractivity contribution in [1.82, 2.24) is 24.9 Å². The van der Waals surface area contributed by atoms with Crippen LogP contribution in [-0.4, -0.2) is 50.5 Å². The number of benzene rings is 1. The topological polar surface area (TPSA) is 85.3 Å². The van der Waals surface area contributed by atoms with Crippen molar-refractivity contribution >= 4 is 17.2 Å². The molecule has 0 fully saturated rings. The molecule has 0 saturated heterocycles. The Bertz CT molecular complexity index is 1320. The summed E-state index contributed by atoms with van der Waals surface area (Å²) in [5.74, 6) is 1.23. The summed E-state index contributed by atoms with van der Waals surface area (Å²) in [6.45, 7) is 6.26. The summed E-state index contributed by atoms with van der Waals surface area (Å²) in [6.07, 6.45) is 3.57. The Kier molecular flexibility index (Phi) is 5.01. The van der Waals surface area contributed by atoms with Crippen LogP contribution in [0.5, 0.6) is 11.5 Å². The fraction of sp³-hybridized carbons (Fsp3) is 0.292. The minimum Gasteiger partial charge on any atom is -0.496 e. The van der Waals surface area contributed by atoms with Crippen LogP contribution in [0.15, 0.2) is 41.4 Å². The normalized spacial score (nSPS) is 12.6. The Morgan fingerprint density at radius 2 is 2.12 bits per heavy atom. The number of methoxy groups -OCH3 is 1. The van der Waals surface area contributed by atoms with Gasteiger partial charge in [0.15, 0.2) is 5.69 Å². The number of aromatic nitrogens is 4. The maximum atomic E-state index is 13.5. The van der Waals surface area contributed by atoms with Crippen LogP contribution in [0.25, 0.3) is 28.1 Å². The second kappa shape index (κ2) is 7.77. The van der Waals surface area contributed by atoms with Crippen LogP contribution in [0, 0.1) is 0 Å². The lowest BCUT2D eigenvalue weighted by molar-refractivity contribution is 0.0646. The van der Waals surface area contributed by atoms with Gasteiger partial charge >= 0.3 is 0 Å². The molecule has 0 radical (unpaired) electrons. The molecule has 3 aromatic heterocycles. The van der Waals surface area contributed by atoms with E-state index in [1.165, 1.54) is 0 Å². The first-order chi connectivity index (χ1) is 15.8. The van der Waals surface area contributed by atoms with Crippen molar-refractivity contribution in [2.24, 2.45) is 0 Å². The molecule has 170 valence electrons. The third-order valence-electron chi connectivity index (χ3n) is 5.99.